The summed E-state index contributed by atoms with van der Waals surface area (Å²) < 4.78 is 2.43. The Bertz CT molecular complexity index is 268. The Labute approximate surface area is 76.3 Å². The van der Waals surface area contributed by atoms with Crippen LogP contribution >= 0.6 is 34.4 Å². The monoisotopic (exact) mass is 200 g/mol. The molecule has 0 fully saturated rings. The molecule has 2 heterocycles. The summed E-state index contributed by atoms with van der Waals surface area (Å²) in [7, 11) is 0. The van der Waals surface area contributed by atoms with Crippen molar-refractivity contribution in [2.75, 3.05) is 0 Å². The van der Waals surface area contributed by atoms with E-state index in [9.17, 15) is 0 Å². The number of thiazole rings is 2. The molecule has 0 N–H and O–H groups in total. The van der Waals surface area contributed by atoms with Crippen LogP contribution in [0.2, 0.25) is 0 Å². The Kier molecular flexibility index (Phi) is 2.21. The smallest absolute Gasteiger partial charge is 0.0853 e. The molecule has 0 unspecified atom stereocenters. The summed E-state index contributed by atoms with van der Waals surface area (Å²) in [6.07, 6.45) is 3.74. The molecular formula is C6H4N2S3. The summed E-state index contributed by atoms with van der Waals surface area (Å²) in [5, 5.41) is 0. The maximum absolute atomic E-state index is 3.98. The minimum Gasteiger partial charge on any atom is -0.252 e. The van der Waals surface area contributed by atoms with E-state index in [0.29, 0.717) is 0 Å². The van der Waals surface area contributed by atoms with Crippen molar-refractivity contribution in [2.24, 2.45) is 0 Å². The molecule has 2 aromatic rings. The third-order valence-electron chi connectivity index (χ3n) is 1.02. The van der Waals surface area contributed by atoms with Crippen LogP contribution in [0.3, 0.4) is 0 Å². The summed E-state index contributed by atoms with van der Waals surface area (Å²) in [6.45, 7) is 0. The third-order valence-corrected chi connectivity index (χ3v) is 3.84. The van der Waals surface area contributed by atoms with Crippen LogP contribution in [-0.4, -0.2) is 9.97 Å². The Hall–Kier alpha value is -0.390. The molecule has 0 atom stereocenters. The van der Waals surface area contributed by atoms with Gasteiger partial charge in [0.2, 0.25) is 0 Å². The lowest BCUT2D eigenvalue weighted by Crippen LogP contribution is -1.57. The summed E-state index contributed by atoms with van der Waals surface area (Å²) in [4.78, 5) is 7.97. The van der Waals surface area contributed by atoms with E-state index in [4.69, 9.17) is 0 Å². The van der Waals surface area contributed by atoms with Gasteiger partial charge in [-0.05, 0) is 0 Å². The Morgan fingerprint density at radius 1 is 1.00 bits per heavy atom. The summed E-state index contributed by atoms with van der Waals surface area (Å²) in [5.41, 5.74) is 3.67. The van der Waals surface area contributed by atoms with Crippen LogP contribution in [0.15, 0.2) is 31.8 Å². The Morgan fingerprint density at radius 3 is 1.91 bits per heavy atom. The lowest BCUT2D eigenvalue weighted by atomic mass is 11.0. The predicted octanol–water partition coefficient (Wildman–Crippen LogP) is 2.75. The van der Waals surface area contributed by atoms with Crippen molar-refractivity contribution < 1.29 is 0 Å². The first-order chi connectivity index (χ1) is 5.45. The van der Waals surface area contributed by atoms with Crippen molar-refractivity contribution in [1.29, 1.82) is 0 Å². The Morgan fingerprint density at radius 2 is 1.55 bits per heavy atom. The maximum atomic E-state index is 3.98. The standard InChI is InChI=1S/C6H4N2S3/c1-5(9-3-7-1)11-6-2-8-4-10-6/h1-4H. The molecule has 0 aliphatic carbocycles. The molecule has 11 heavy (non-hydrogen) atoms. The molecule has 0 spiro atoms. The van der Waals surface area contributed by atoms with Gasteiger partial charge in [0.1, 0.15) is 0 Å². The predicted molar refractivity (Wildman–Crippen MR) is 48.4 cm³/mol. The van der Waals surface area contributed by atoms with Gasteiger partial charge in [-0.15, -0.1) is 22.7 Å². The van der Waals surface area contributed by atoms with E-state index in [2.05, 4.69) is 9.97 Å². The van der Waals surface area contributed by atoms with Crippen LogP contribution in [0.4, 0.5) is 0 Å². The van der Waals surface area contributed by atoms with Gasteiger partial charge < -0.3 is 0 Å². The molecule has 0 aliphatic heterocycles. The van der Waals surface area contributed by atoms with Crippen molar-refractivity contribution in [3.8, 4) is 0 Å². The SMILES string of the molecule is c1ncc(Sc2cncs2)s1. The number of hydrogen-bond donors (Lipinski definition) is 0. The topological polar surface area (TPSA) is 25.8 Å². The van der Waals surface area contributed by atoms with E-state index < -0.39 is 0 Å². The van der Waals surface area contributed by atoms with Gasteiger partial charge in [0.05, 0.1) is 31.8 Å². The van der Waals surface area contributed by atoms with Gasteiger partial charge in [-0.25, -0.2) is 0 Å². The van der Waals surface area contributed by atoms with Crippen LogP contribution in [-0.2, 0) is 0 Å². The van der Waals surface area contributed by atoms with E-state index in [-0.39, 0.29) is 0 Å². The van der Waals surface area contributed by atoms with Gasteiger partial charge >= 0.3 is 0 Å². The first kappa shape index (κ1) is 7.27. The van der Waals surface area contributed by atoms with Gasteiger partial charge in [0.15, 0.2) is 0 Å². The fourth-order valence-corrected chi connectivity index (χ4v) is 3.07. The molecule has 5 heteroatoms. The average molecular weight is 200 g/mol. The minimum absolute atomic E-state index is 1.22. The molecule has 2 aromatic heterocycles. The van der Waals surface area contributed by atoms with Gasteiger partial charge in [-0.3, -0.25) is 9.97 Å². The highest BCUT2D eigenvalue weighted by Crippen LogP contribution is 2.32. The van der Waals surface area contributed by atoms with E-state index in [1.807, 2.05) is 23.4 Å². The zero-order valence-corrected chi connectivity index (χ0v) is 7.88. The lowest BCUT2D eigenvalue weighted by molar-refractivity contribution is 1.36. The summed E-state index contributed by atoms with van der Waals surface area (Å²) in [6, 6.07) is 0. The highest BCUT2D eigenvalue weighted by molar-refractivity contribution is 8.02. The summed E-state index contributed by atoms with van der Waals surface area (Å²) >= 11 is 5.02. The molecule has 0 amide bonds. The van der Waals surface area contributed by atoms with Gasteiger partial charge in [-0.2, -0.15) is 0 Å². The molecule has 2 rings (SSSR count). The van der Waals surface area contributed by atoms with Gasteiger partial charge in [0, 0.05) is 0 Å². The normalized spacial score (nSPS) is 10.2. The van der Waals surface area contributed by atoms with E-state index in [1.165, 1.54) is 8.42 Å². The first-order valence-electron chi connectivity index (χ1n) is 2.90. The van der Waals surface area contributed by atoms with E-state index >= 15 is 0 Å². The second-order valence-electron chi connectivity index (χ2n) is 1.74. The third kappa shape index (κ3) is 1.79. The molecule has 0 saturated carbocycles. The summed E-state index contributed by atoms with van der Waals surface area (Å²) in [5.74, 6) is 0. The van der Waals surface area contributed by atoms with Crippen molar-refractivity contribution in [2.45, 2.75) is 8.42 Å². The molecule has 2 nitrogen and oxygen atoms in total. The van der Waals surface area contributed by atoms with E-state index in [1.54, 1.807) is 34.4 Å². The number of nitrogens with zero attached hydrogens (tertiary/aromatic N) is 2. The zero-order valence-electron chi connectivity index (χ0n) is 5.43. The number of rotatable bonds is 2. The van der Waals surface area contributed by atoms with Crippen molar-refractivity contribution in [3.05, 3.63) is 23.4 Å². The molecular weight excluding hydrogens is 196 g/mol. The quantitative estimate of drug-likeness (QED) is 0.745. The average Bonchev–Trinajstić information content (AvgIpc) is 2.60. The maximum Gasteiger partial charge on any atom is 0.0853 e. The van der Waals surface area contributed by atoms with Gasteiger partial charge in [-0.1, -0.05) is 11.8 Å². The van der Waals surface area contributed by atoms with Crippen LogP contribution < -0.4 is 0 Å². The van der Waals surface area contributed by atoms with Crippen molar-refractivity contribution >= 4 is 34.4 Å². The van der Waals surface area contributed by atoms with Crippen LogP contribution in [0.1, 0.15) is 0 Å². The first-order valence-corrected chi connectivity index (χ1v) is 5.47. The molecule has 0 saturated heterocycles. The molecule has 0 aromatic carbocycles. The zero-order chi connectivity index (χ0) is 7.52. The Balaban J connectivity index is 2.14. The number of aromatic nitrogens is 2. The minimum atomic E-state index is 1.22. The lowest BCUT2D eigenvalue weighted by Gasteiger charge is -1.87. The number of hydrogen-bond acceptors (Lipinski definition) is 5. The fraction of sp³-hybridized carbons (Fsp3) is 0. The van der Waals surface area contributed by atoms with Crippen LogP contribution in [0.5, 0.6) is 0 Å². The van der Waals surface area contributed by atoms with Crippen LogP contribution in [0.25, 0.3) is 0 Å². The van der Waals surface area contributed by atoms with Crippen LogP contribution in [0, 0.1) is 0 Å². The van der Waals surface area contributed by atoms with Crippen molar-refractivity contribution in [1.82, 2.24) is 9.97 Å². The molecule has 0 radical (unpaired) electrons. The largest absolute Gasteiger partial charge is 0.252 e. The second kappa shape index (κ2) is 3.34. The van der Waals surface area contributed by atoms with E-state index in [0.717, 1.165) is 0 Å². The van der Waals surface area contributed by atoms with Gasteiger partial charge in [0.25, 0.3) is 0 Å². The fourth-order valence-electron chi connectivity index (χ4n) is 0.608. The molecule has 56 valence electrons. The highest BCUT2D eigenvalue weighted by Gasteiger charge is 1.98. The second-order valence-corrected chi connectivity index (χ2v) is 5.12. The van der Waals surface area contributed by atoms with Crippen molar-refractivity contribution in [3.63, 3.8) is 0 Å². The molecule has 0 aliphatic rings. The highest BCUT2D eigenvalue weighted by atomic mass is 32.2. The molecule has 0 bridgehead atoms.